The first-order valence-electron chi connectivity index (χ1n) is 4.15. The highest BCUT2D eigenvalue weighted by atomic mass is 16.3. The molecule has 10 heavy (non-hydrogen) atoms. The highest BCUT2D eigenvalue weighted by Gasteiger charge is 1.98. The van der Waals surface area contributed by atoms with E-state index < -0.39 is 0 Å². The molecule has 0 atom stereocenters. The lowest BCUT2D eigenvalue weighted by Crippen LogP contribution is -2.25. The summed E-state index contributed by atoms with van der Waals surface area (Å²) in [5.41, 5.74) is 0. The topological polar surface area (TPSA) is 23.1 Å². The van der Waals surface area contributed by atoms with Gasteiger partial charge in [0.1, 0.15) is 0 Å². The second-order valence-electron chi connectivity index (χ2n) is 2.49. The van der Waals surface area contributed by atoms with Crippen LogP contribution in [0.5, 0.6) is 0 Å². The lowest BCUT2D eigenvalue weighted by atomic mass is 10.3. The number of rotatable bonds is 6. The molecular weight excluding hydrogens is 126 g/mol. The summed E-state index contributed by atoms with van der Waals surface area (Å²) in [6.07, 6.45) is 1.99. The van der Waals surface area contributed by atoms with Crippen molar-refractivity contribution in [2.75, 3.05) is 26.2 Å². The van der Waals surface area contributed by atoms with Gasteiger partial charge in [-0.3, -0.25) is 0 Å². The van der Waals surface area contributed by atoms with Gasteiger partial charge in [0.15, 0.2) is 0 Å². The molecule has 0 N–H and O–H groups in total. The maximum Gasteiger partial charge on any atom is 0.0834 e. The van der Waals surface area contributed by atoms with Crippen LogP contribution in [0.15, 0.2) is 0 Å². The van der Waals surface area contributed by atoms with Gasteiger partial charge in [0.25, 0.3) is 0 Å². The summed E-state index contributed by atoms with van der Waals surface area (Å²) < 4.78 is 0. The third kappa shape index (κ3) is 4.77. The SMILES string of the molecule is CCCN(CC)CCC[O]. The van der Waals surface area contributed by atoms with Gasteiger partial charge in [-0.2, -0.15) is 0 Å². The molecule has 2 nitrogen and oxygen atoms in total. The van der Waals surface area contributed by atoms with Crippen molar-refractivity contribution >= 4 is 0 Å². The molecule has 0 unspecified atom stereocenters. The van der Waals surface area contributed by atoms with Crippen LogP contribution in [0.3, 0.4) is 0 Å². The van der Waals surface area contributed by atoms with E-state index in [9.17, 15) is 5.11 Å². The molecular formula is C8H18NO. The van der Waals surface area contributed by atoms with Crippen LogP contribution < -0.4 is 0 Å². The van der Waals surface area contributed by atoms with E-state index in [1.165, 1.54) is 6.42 Å². The maximum atomic E-state index is 10.1. The Hall–Kier alpha value is -0.0800. The Morgan fingerprint density at radius 3 is 2.30 bits per heavy atom. The zero-order valence-electron chi connectivity index (χ0n) is 7.10. The van der Waals surface area contributed by atoms with E-state index in [1.807, 2.05) is 0 Å². The number of hydrogen-bond donors (Lipinski definition) is 0. The molecule has 1 radical (unpaired) electrons. The van der Waals surface area contributed by atoms with Crippen LogP contribution in [-0.2, 0) is 5.11 Å². The van der Waals surface area contributed by atoms with Crippen molar-refractivity contribution in [1.29, 1.82) is 0 Å². The minimum atomic E-state index is 0.0697. The van der Waals surface area contributed by atoms with Crippen LogP contribution >= 0.6 is 0 Å². The van der Waals surface area contributed by atoms with Gasteiger partial charge in [-0.25, -0.2) is 5.11 Å². The first-order chi connectivity index (χ1) is 4.85. The fourth-order valence-electron chi connectivity index (χ4n) is 1.03. The van der Waals surface area contributed by atoms with E-state index in [4.69, 9.17) is 0 Å². The smallest absolute Gasteiger partial charge is 0.0834 e. The summed E-state index contributed by atoms with van der Waals surface area (Å²) in [6.45, 7) is 7.57. The molecule has 0 fully saturated rings. The summed E-state index contributed by atoms with van der Waals surface area (Å²) in [5, 5.41) is 10.1. The van der Waals surface area contributed by atoms with E-state index in [0.717, 1.165) is 26.1 Å². The molecule has 0 bridgehead atoms. The predicted octanol–water partition coefficient (Wildman–Crippen LogP) is 1.54. The Balaban J connectivity index is 3.21. The van der Waals surface area contributed by atoms with Crippen LogP contribution in [0.2, 0.25) is 0 Å². The summed E-state index contributed by atoms with van der Waals surface area (Å²) >= 11 is 0. The molecule has 0 aliphatic heterocycles. The highest BCUT2D eigenvalue weighted by molar-refractivity contribution is 4.52. The first-order valence-corrected chi connectivity index (χ1v) is 4.15. The van der Waals surface area contributed by atoms with Crippen molar-refractivity contribution in [1.82, 2.24) is 4.90 Å². The van der Waals surface area contributed by atoms with Gasteiger partial charge in [-0.05, 0) is 25.9 Å². The van der Waals surface area contributed by atoms with Gasteiger partial charge in [0, 0.05) is 6.54 Å². The van der Waals surface area contributed by atoms with Crippen LogP contribution in [0.25, 0.3) is 0 Å². The molecule has 0 spiro atoms. The number of nitrogens with zero attached hydrogens (tertiary/aromatic N) is 1. The van der Waals surface area contributed by atoms with Gasteiger partial charge >= 0.3 is 0 Å². The van der Waals surface area contributed by atoms with Gasteiger partial charge in [0.05, 0.1) is 6.61 Å². The summed E-state index contributed by atoms with van der Waals surface area (Å²) in [7, 11) is 0. The normalized spacial score (nSPS) is 10.8. The summed E-state index contributed by atoms with van der Waals surface area (Å²) in [5.74, 6) is 0. The van der Waals surface area contributed by atoms with Crippen LogP contribution in [0, 0.1) is 0 Å². The largest absolute Gasteiger partial charge is 0.304 e. The van der Waals surface area contributed by atoms with Crippen molar-refractivity contribution in [3.8, 4) is 0 Å². The fourth-order valence-corrected chi connectivity index (χ4v) is 1.03. The van der Waals surface area contributed by atoms with Crippen LogP contribution in [0.1, 0.15) is 26.7 Å². The third-order valence-corrected chi connectivity index (χ3v) is 1.61. The minimum Gasteiger partial charge on any atom is -0.304 e. The lowest BCUT2D eigenvalue weighted by Gasteiger charge is -2.17. The van der Waals surface area contributed by atoms with E-state index in [2.05, 4.69) is 18.7 Å². The molecule has 0 saturated heterocycles. The fraction of sp³-hybridized carbons (Fsp3) is 1.00. The van der Waals surface area contributed by atoms with Crippen molar-refractivity contribution in [2.45, 2.75) is 26.7 Å². The molecule has 0 aromatic carbocycles. The average molecular weight is 144 g/mol. The zero-order valence-corrected chi connectivity index (χ0v) is 7.10. The average Bonchev–Trinajstić information content (AvgIpc) is 1.98. The van der Waals surface area contributed by atoms with E-state index in [0.29, 0.717) is 0 Å². The maximum absolute atomic E-state index is 10.1. The Labute approximate surface area is 63.8 Å². The molecule has 0 aromatic rings. The van der Waals surface area contributed by atoms with E-state index in [-0.39, 0.29) is 6.61 Å². The first kappa shape index (κ1) is 9.92. The van der Waals surface area contributed by atoms with Crippen LogP contribution in [-0.4, -0.2) is 31.1 Å². The van der Waals surface area contributed by atoms with Gasteiger partial charge in [-0.15, -0.1) is 0 Å². The Bertz CT molecular complexity index is 66.3. The van der Waals surface area contributed by atoms with Crippen molar-refractivity contribution in [2.24, 2.45) is 0 Å². The molecule has 0 aliphatic carbocycles. The minimum absolute atomic E-state index is 0.0697. The zero-order chi connectivity index (χ0) is 7.82. The van der Waals surface area contributed by atoms with Gasteiger partial charge < -0.3 is 4.90 Å². The molecule has 61 valence electrons. The molecule has 0 aliphatic rings. The molecule has 0 rings (SSSR count). The second kappa shape index (κ2) is 7.03. The Morgan fingerprint density at radius 2 is 1.90 bits per heavy atom. The van der Waals surface area contributed by atoms with Crippen molar-refractivity contribution < 1.29 is 5.11 Å². The second-order valence-corrected chi connectivity index (χ2v) is 2.49. The van der Waals surface area contributed by atoms with E-state index in [1.54, 1.807) is 0 Å². The molecule has 0 heterocycles. The van der Waals surface area contributed by atoms with E-state index >= 15 is 0 Å². The Morgan fingerprint density at radius 1 is 1.20 bits per heavy atom. The quantitative estimate of drug-likeness (QED) is 0.554. The monoisotopic (exact) mass is 144 g/mol. The third-order valence-electron chi connectivity index (χ3n) is 1.61. The number of hydrogen-bond acceptors (Lipinski definition) is 1. The molecule has 0 saturated carbocycles. The Kier molecular flexibility index (Phi) is 6.98. The van der Waals surface area contributed by atoms with Crippen molar-refractivity contribution in [3.63, 3.8) is 0 Å². The van der Waals surface area contributed by atoms with Gasteiger partial charge in [0.2, 0.25) is 0 Å². The predicted molar refractivity (Wildman–Crippen MR) is 42.6 cm³/mol. The standard InChI is InChI=1S/C8H18NO/c1-3-6-9(4-2)7-5-8-10/h3-8H2,1-2H3. The molecule has 0 amide bonds. The summed E-state index contributed by atoms with van der Waals surface area (Å²) in [6, 6.07) is 0. The van der Waals surface area contributed by atoms with Crippen LogP contribution in [0.4, 0.5) is 0 Å². The molecule has 2 heteroatoms. The lowest BCUT2D eigenvalue weighted by molar-refractivity contribution is 0.167. The summed E-state index contributed by atoms with van der Waals surface area (Å²) in [4.78, 5) is 2.32. The van der Waals surface area contributed by atoms with Crippen molar-refractivity contribution in [3.05, 3.63) is 0 Å². The highest BCUT2D eigenvalue weighted by Crippen LogP contribution is 1.92. The van der Waals surface area contributed by atoms with Gasteiger partial charge in [-0.1, -0.05) is 13.8 Å². The molecule has 0 aromatic heterocycles.